The number of carbonyl (C=O) groups excluding carboxylic acids is 2. The van der Waals surface area contributed by atoms with Gasteiger partial charge in [-0.25, -0.2) is 0 Å². The van der Waals surface area contributed by atoms with E-state index in [1.54, 1.807) is 16.9 Å². The number of unbranched alkanes of at least 4 members (excludes halogenated alkanes) is 1. The quantitative estimate of drug-likeness (QED) is 0.456. The summed E-state index contributed by atoms with van der Waals surface area (Å²) in [6.07, 6.45) is 3.76. The van der Waals surface area contributed by atoms with Gasteiger partial charge in [-0.3, -0.25) is 9.59 Å². The summed E-state index contributed by atoms with van der Waals surface area (Å²) < 4.78 is 7.22. The van der Waals surface area contributed by atoms with Crippen molar-refractivity contribution in [2.75, 3.05) is 33.4 Å². The van der Waals surface area contributed by atoms with Crippen molar-refractivity contribution in [3.63, 3.8) is 0 Å². The number of rotatable bonds is 11. The lowest BCUT2D eigenvalue weighted by Gasteiger charge is -2.28. The highest BCUT2D eigenvalue weighted by atomic mass is 16.5. The zero-order valence-electron chi connectivity index (χ0n) is 19.3. The number of aromatic nitrogens is 1. The highest BCUT2D eigenvalue weighted by Crippen LogP contribution is 2.17. The number of amides is 2. The highest BCUT2D eigenvalue weighted by Gasteiger charge is 2.23. The molecule has 0 spiro atoms. The van der Waals surface area contributed by atoms with Gasteiger partial charge in [0.05, 0.1) is 13.2 Å². The number of carbonyl (C=O) groups is 2. The molecule has 1 aromatic heterocycles. The van der Waals surface area contributed by atoms with E-state index in [1.165, 1.54) is 0 Å². The Morgan fingerprint density at radius 3 is 2.44 bits per heavy atom. The van der Waals surface area contributed by atoms with E-state index in [0.717, 1.165) is 29.3 Å². The first-order valence-electron chi connectivity index (χ1n) is 11.2. The van der Waals surface area contributed by atoms with Gasteiger partial charge >= 0.3 is 0 Å². The van der Waals surface area contributed by atoms with Crippen molar-refractivity contribution in [1.82, 2.24) is 14.4 Å². The highest BCUT2D eigenvalue weighted by molar-refractivity contribution is 6.00. The molecular formula is C26H33N3O3. The number of benzene rings is 2. The molecule has 0 atom stereocenters. The number of methoxy groups -OCH3 is 1. The molecule has 2 aromatic carbocycles. The van der Waals surface area contributed by atoms with Gasteiger partial charge < -0.3 is 19.1 Å². The summed E-state index contributed by atoms with van der Waals surface area (Å²) in [7, 11) is 3.59. The molecular weight excluding hydrogens is 402 g/mol. The topological polar surface area (TPSA) is 54.8 Å². The van der Waals surface area contributed by atoms with E-state index >= 15 is 0 Å². The summed E-state index contributed by atoms with van der Waals surface area (Å²) in [5, 5.41) is 2.11. The summed E-state index contributed by atoms with van der Waals surface area (Å²) in [6.45, 7) is 4.10. The first-order valence-corrected chi connectivity index (χ1v) is 11.2. The monoisotopic (exact) mass is 435 g/mol. The Hall–Kier alpha value is -3.12. The fraction of sp³-hybridized carbons (Fsp3) is 0.385. The lowest BCUT2D eigenvalue weighted by molar-refractivity contribution is -0.133. The van der Waals surface area contributed by atoms with Gasteiger partial charge in [-0.2, -0.15) is 0 Å². The maximum atomic E-state index is 13.4. The molecule has 3 rings (SSSR count). The third kappa shape index (κ3) is 5.98. The standard InChI is InChI=1S/C26H33N3O3/c1-4-5-15-29(26(31)23-13-12-21-9-6-7-10-22(21)18-23)20-25(30)28(16-17-32-3)19-24-11-8-14-27(24)2/h6-14,18H,4-5,15-17,19-20H2,1-3H3. The number of hydrogen-bond donors (Lipinski definition) is 0. The third-order valence-electron chi connectivity index (χ3n) is 5.71. The van der Waals surface area contributed by atoms with Crippen LogP contribution in [-0.4, -0.2) is 59.5 Å². The Kier molecular flexibility index (Phi) is 8.45. The lowest BCUT2D eigenvalue weighted by Crippen LogP contribution is -2.44. The number of hydrogen-bond acceptors (Lipinski definition) is 3. The van der Waals surface area contributed by atoms with Gasteiger partial charge in [-0.15, -0.1) is 0 Å². The Bertz CT molecular complexity index is 1040. The number of aryl methyl sites for hydroxylation is 1. The molecule has 0 fully saturated rings. The second-order valence-electron chi connectivity index (χ2n) is 8.06. The van der Waals surface area contributed by atoms with Crippen molar-refractivity contribution >= 4 is 22.6 Å². The van der Waals surface area contributed by atoms with E-state index in [-0.39, 0.29) is 18.4 Å². The fourth-order valence-electron chi connectivity index (χ4n) is 3.72. The Labute approximate surface area is 190 Å². The molecule has 6 nitrogen and oxygen atoms in total. The van der Waals surface area contributed by atoms with E-state index in [0.29, 0.717) is 31.8 Å². The Balaban J connectivity index is 1.78. The van der Waals surface area contributed by atoms with E-state index in [9.17, 15) is 9.59 Å². The van der Waals surface area contributed by atoms with Gasteiger partial charge in [-0.1, -0.05) is 43.7 Å². The molecule has 32 heavy (non-hydrogen) atoms. The van der Waals surface area contributed by atoms with E-state index in [1.807, 2.05) is 72.4 Å². The van der Waals surface area contributed by atoms with Crippen LogP contribution in [0, 0.1) is 0 Å². The van der Waals surface area contributed by atoms with Gasteiger partial charge in [0.25, 0.3) is 5.91 Å². The summed E-state index contributed by atoms with van der Waals surface area (Å²) in [4.78, 5) is 30.1. The van der Waals surface area contributed by atoms with Gasteiger partial charge in [0, 0.05) is 44.7 Å². The number of fused-ring (bicyclic) bond motifs is 1. The van der Waals surface area contributed by atoms with Crippen LogP contribution in [0.1, 0.15) is 35.8 Å². The van der Waals surface area contributed by atoms with Crippen LogP contribution in [-0.2, 0) is 23.1 Å². The molecule has 0 aliphatic heterocycles. The van der Waals surface area contributed by atoms with Gasteiger partial charge in [0.15, 0.2) is 0 Å². The molecule has 0 bridgehead atoms. The van der Waals surface area contributed by atoms with Crippen LogP contribution in [0.25, 0.3) is 10.8 Å². The number of ether oxygens (including phenoxy) is 1. The SMILES string of the molecule is CCCCN(CC(=O)N(CCOC)Cc1cccn1C)C(=O)c1ccc2ccccc2c1. The van der Waals surface area contributed by atoms with Crippen molar-refractivity contribution in [3.8, 4) is 0 Å². The second kappa shape index (κ2) is 11.5. The molecule has 2 amide bonds. The van der Waals surface area contributed by atoms with Crippen molar-refractivity contribution in [2.24, 2.45) is 7.05 Å². The van der Waals surface area contributed by atoms with E-state index in [4.69, 9.17) is 4.74 Å². The molecule has 0 aliphatic rings. The predicted octanol–water partition coefficient (Wildman–Crippen LogP) is 4.10. The van der Waals surface area contributed by atoms with E-state index in [2.05, 4.69) is 6.92 Å². The molecule has 1 heterocycles. The molecule has 0 aliphatic carbocycles. The van der Waals surface area contributed by atoms with Gasteiger partial charge in [-0.05, 0) is 41.5 Å². The summed E-state index contributed by atoms with van der Waals surface area (Å²) in [5.74, 6) is -0.184. The van der Waals surface area contributed by atoms with E-state index < -0.39 is 0 Å². The zero-order chi connectivity index (χ0) is 22.9. The van der Waals surface area contributed by atoms with Crippen LogP contribution in [0.15, 0.2) is 60.8 Å². The molecule has 3 aromatic rings. The van der Waals surface area contributed by atoms with Crippen LogP contribution >= 0.6 is 0 Å². The van der Waals surface area contributed by atoms with Crippen molar-refractivity contribution in [1.29, 1.82) is 0 Å². The van der Waals surface area contributed by atoms with Crippen LogP contribution in [0.4, 0.5) is 0 Å². The largest absolute Gasteiger partial charge is 0.383 e. The summed E-state index contributed by atoms with van der Waals surface area (Å²) in [6, 6.07) is 17.7. The molecule has 0 saturated carbocycles. The predicted molar refractivity (Wildman–Crippen MR) is 127 cm³/mol. The third-order valence-corrected chi connectivity index (χ3v) is 5.71. The minimum Gasteiger partial charge on any atom is -0.383 e. The maximum absolute atomic E-state index is 13.4. The normalized spacial score (nSPS) is 11.0. The average molecular weight is 436 g/mol. The first-order chi connectivity index (χ1) is 15.5. The molecule has 0 radical (unpaired) electrons. The van der Waals surface area contributed by atoms with Crippen molar-refractivity contribution in [2.45, 2.75) is 26.3 Å². The molecule has 0 unspecified atom stereocenters. The van der Waals surface area contributed by atoms with Crippen LogP contribution in [0.2, 0.25) is 0 Å². The number of nitrogens with zero attached hydrogens (tertiary/aromatic N) is 3. The molecule has 0 saturated heterocycles. The summed E-state index contributed by atoms with van der Waals surface area (Å²) >= 11 is 0. The van der Waals surface area contributed by atoms with Gasteiger partial charge in [0.1, 0.15) is 6.54 Å². The fourth-order valence-corrected chi connectivity index (χ4v) is 3.72. The van der Waals surface area contributed by atoms with Crippen molar-refractivity contribution in [3.05, 3.63) is 72.1 Å². The minimum atomic E-state index is -0.108. The first kappa shape index (κ1) is 23.5. The van der Waals surface area contributed by atoms with Crippen LogP contribution < -0.4 is 0 Å². The van der Waals surface area contributed by atoms with Gasteiger partial charge in [0.2, 0.25) is 5.91 Å². The molecule has 6 heteroatoms. The zero-order valence-corrected chi connectivity index (χ0v) is 19.3. The van der Waals surface area contributed by atoms with Crippen LogP contribution in [0.3, 0.4) is 0 Å². The summed E-state index contributed by atoms with van der Waals surface area (Å²) in [5.41, 5.74) is 1.65. The average Bonchev–Trinajstić information content (AvgIpc) is 3.22. The van der Waals surface area contributed by atoms with Crippen molar-refractivity contribution < 1.29 is 14.3 Å². The Morgan fingerprint density at radius 1 is 0.969 bits per heavy atom. The Morgan fingerprint density at radius 2 is 1.75 bits per heavy atom. The minimum absolute atomic E-state index is 0.0554. The maximum Gasteiger partial charge on any atom is 0.254 e. The molecule has 0 N–H and O–H groups in total. The second-order valence-corrected chi connectivity index (χ2v) is 8.06. The smallest absolute Gasteiger partial charge is 0.254 e. The van der Waals surface area contributed by atoms with Crippen LogP contribution in [0.5, 0.6) is 0 Å². The molecule has 170 valence electrons. The lowest BCUT2D eigenvalue weighted by atomic mass is 10.1.